The van der Waals surface area contributed by atoms with Gasteiger partial charge in [0.1, 0.15) is 0 Å². The normalized spacial score (nSPS) is 11.0. The lowest BCUT2D eigenvalue weighted by molar-refractivity contribution is 0.181. The van der Waals surface area contributed by atoms with Crippen molar-refractivity contribution in [2.45, 2.75) is 6.61 Å². The second-order valence-electron chi connectivity index (χ2n) is 6.47. The van der Waals surface area contributed by atoms with E-state index in [2.05, 4.69) is 10.1 Å². The molecule has 0 amide bonds. The van der Waals surface area contributed by atoms with Crippen molar-refractivity contribution in [2.24, 2.45) is 0 Å². The first kappa shape index (κ1) is 18.8. The van der Waals surface area contributed by atoms with Crippen LogP contribution in [-0.4, -0.2) is 35.9 Å². The fourth-order valence-electron chi connectivity index (χ4n) is 3.42. The number of aromatic nitrogens is 3. The molecule has 148 valence electrons. The van der Waals surface area contributed by atoms with Gasteiger partial charge in [0.15, 0.2) is 17.1 Å². The molecule has 2 aromatic heterocycles. The SMILES string of the molecule is COCc1[nH]n2c(=O)c(-c3ccccc3)cnc2c1-c1ccc(OC)c(OC)c1. The highest BCUT2D eigenvalue weighted by Gasteiger charge is 2.19. The maximum atomic E-state index is 13.2. The van der Waals surface area contributed by atoms with Crippen LogP contribution >= 0.6 is 0 Å². The van der Waals surface area contributed by atoms with Crippen LogP contribution in [0.1, 0.15) is 5.69 Å². The summed E-state index contributed by atoms with van der Waals surface area (Å²) in [5.41, 5.74) is 4.05. The van der Waals surface area contributed by atoms with E-state index >= 15 is 0 Å². The molecule has 0 aliphatic carbocycles. The number of benzene rings is 2. The number of nitrogens with one attached hydrogen (secondary N) is 1. The minimum Gasteiger partial charge on any atom is -0.493 e. The zero-order valence-corrected chi connectivity index (χ0v) is 16.4. The molecule has 0 aliphatic rings. The second-order valence-corrected chi connectivity index (χ2v) is 6.47. The Morgan fingerprint density at radius 3 is 2.41 bits per heavy atom. The average Bonchev–Trinajstić information content (AvgIpc) is 3.13. The smallest absolute Gasteiger partial charge is 0.280 e. The molecular formula is C22H21N3O4. The lowest BCUT2D eigenvalue weighted by Gasteiger charge is -2.10. The Hall–Kier alpha value is -3.58. The van der Waals surface area contributed by atoms with Crippen molar-refractivity contribution in [3.8, 4) is 33.8 Å². The molecule has 0 saturated heterocycles. The summed E-state index contributed by atoms with van der Waals surface area (Å²) in [4.78, 5) is 17.8. The largest absolute Gasteiger partial charge is 0.493 e. The first-order valence-corrected chi connectivity index (χ1v) is 9.07. The van der Waals surface area contributed by atoms with Crippen molar-refractivity contribution in [2.75, 3.05) is 21.3 Å². The summed E-state index contributed by atoms with van der Waals surface area (Å²) in [6.45, 7) is 0.299. The molecule has 2 aromatic carbocycles. The maximum Gasteiger partial charge on any atom is 0.280 e. The summed E-state index contributed by atoms with van der Waals surface area (Å²) in [5.74, 6) is 1.22. The number of hydrogen-bond acceptors (Lipinski definition) is 5. The van der Waals surface area contributed by atoms with E-state index in [0.29, 0.717) is 29.3 Å². The molecule has 0 fully saturated rings. The van der Waals surface area contributed by atoms with Crippen molar-refractivity contribution < 1.29 is 14.2 Å². The van der Waals surface area contributed by atoms with Gasteiger partial charge in [0.05, 0.1) is 32.1 Å². The van der Waals surface area contributed by atoms with Crippen LogP contribution in [0.2, 0.25) is 0 Å². The van der Waals surface area contributed by atoms with E-state index in [1.807, 2.05) is 48.5 Å². The number of rotatable bonds is 6. The van der Waals surface area contributed by atoms with E-state index in [9.17, 15) is 4.79 Å². The number of nitrogens with zero attached hydrogens (tertiary/aromatic N) is 2. The van der Waals surface area contributed by atoms with Crippen LogP contribution in [-0.2, 0) is 11.3 Å². The first-order chi connectivity index (χ1) is 14.2. The number of hydrogen-bond donors (Lipinski definition) is 1. The summed E-state index contributed by atoms with van der Waals surface area (Å²) in [5, 5.41) is 3.15. The average molecular weight is 391 g/mol. The summed E-state index contributed by atoms with van der Waals surface area (Å²) >= 11 is 0. The van der Waals surface area contributed by atoms with Crippen molar-refractivity contribution in [1.82, 2.24) is 14.6 Å². The van der Waals surface area contributed by atoms with E-state index in [1.54, 1.807) is 27.5 Å². The molecule has 1 N–H and O–H groups in total. The maximum absolute atomic E-state index is 13.2. The van der Waals surface area contributed by atoms with Gasteiger partial charge in [-0.3, -0.25) is 9.89 Å². The van der Waals surface area contributed by atoms with Gasteiger partial charge in [-0.25, -0.2) is 9.50 Å². The number of aromatic amines is 1. The zero-order valence-electron chi connectivity index (χ0n) is 16.4. The molecule has 0 atom stereocenters. The Morgan fingerprint density at radius 1 is 0.966 bits per heavy atom. The fraction of sp³-hybridized carbons (Fsp3) is 0.182. The van der Waals surface area contributed by atoms with Crippen molar-refractivity contribution >= 4 is 5.65 Å². The van der Waals surface area contributed by atoms with Crippen molar-refractivity contribution in [1.29, 1.82) is 0 Å². The molecule has 7 heteroatoms. The Balaban J connectivity index is 1.96. The molecule has 7 nitrogen and oxygen atoms in total. The quantitative estimate of drug-likeness (QED) is 0.544. The van der Waals surface area contributed by atoms with Gasteiger partial charge in [0.2, 0.25) is 0 Å². The monoisotopic (exact) mass is 391 g/mol. The third-order valence-corrected chi connectivity index (χ3v) is 4.78. The molecule has 29 heavy (non-hydrogen) atoms. The van der Waals surface area contributed by atoms with Gasteiger partial charge < -0.3 is 14.2 Å². The molecule has 0 saturated carbocycles. The fourth-order valence-corrected chi connectivity index (χ4v) is 3.42. The third-order valence-electron chi connectivity index (χ3n) is 4.78. The van der Waals surface area contributed by atoms with Gasteiger partial charge in [-0.05, 0) is 23.3 Å². The molecule has 0 spiro atoms. The highest BCUT2D eigenvalue weighted by Crippen LogP contribution is 2.35. The topological polar surface area (TPSA) is 77.9 Å². The van der Waals surface area contributed by atoms with Gasteiger partial charge in [-0.2, -0.15) is 0 Å². The molecule has 0 bridgehead atoms. The molecule has 0 radical (unpaired) electrons. The number of ether oxygens (including phenoxy) is 3. The highest BCUT2D eigenvalue weighted by molar-refractivity contribution is 5.82. The Kier molecular flexibility index (Phi) is 5.05. The summed E-state index contributed by atoms with van der Waals surface area (Å²) < 4.78 is 17.6. The summed E-state index contributed by atoms with van der Waals surface area (Å²) in [6.07, 6.45) is 1.61. The molecular weight excluding hydrogens is 370 g/mol. The minimum atomic E-state index is -0.176. The lowest BCUT2D eigenvalue weighted by Crippen LogP contribution is -2.17. The van der Waals surface area contributed by atoms with E-state index in [1.165, 1.54) is 4.52 Å². The summed E-state index contributed by atoms with van der Waals surface area (Å²) in [6, 6.07) is 15.1. The van der Waals surface area contributed by atoms with Crippen LogP contribution in [0.15, 0.2) is 59.5 Å². The predicted octanol–water partition coefficient (Wildman–Crippen LogP) is 3.52. The van der Waals surface area contributed by atoms with Gasteiger partial charge in [-0.15, -0.1) is 0 Å². The first-order valence-electron chi connectivity index (χ1n) is 9.07. The van der Waals surface area contributed by atoms with Crippen molar-refractivity contribution in [3.63, 3.8) is 0 Å². The van der Waals surface area contributed by atoms with Crippen LogP contribution in [0.3, 0.4) is 0 Å². The van der Waals surface area contributed by atoms with E-state index < -0.39 is 0 Å². The highest BCUT2D eigenvalue weighted by atomic mass is 16.5. The van der Waals surface area contributed by atoms with Crippen LogP contribution < -0.4 is 15.0 Å². The zero-order chi connectivity index (χ0) is 20.4. The molecule has 4 aromatic rings. The summed E-state index contributed by atoms with van der Waals surface area (Å²) in [7, 11) is 4.78. The Morgan fingerprint density at radius 2 is 1.72 bits per heavy atom. The van der Waals surface area contributed by atoms with Gasteiger partial charge in [0.25, 0.3) is 5.56 Å². The molecule has 0 aliphatic heterocycles. The number of fused-ring (bicyclic) bond motifs is 1. The van der Waals surface area contributed by atoms with Gasteiger partial charge in [-0.1, -0.05) is 36.4 Å². The van der Waals surface area contributed by atoms with E-state index in [4.69, 9.17) is 14.2 Å². The van der Waals surface area contributed by atoms with Crippen molar-refractivity contribution in [3.05, 3.63) is 70.8 Å². The molecule has 2 heterocycles. The van der Waals surface area contributed by atoms with Crippen LogP contribution in [0.25, 0.3) is 27.9 Å². The molecule has 4 rings (SSSR count). The number of methoxy groups -OCH3 is 3. The molecule has 0 unspecified atom stereocenters. The van der Waals surface area contributed by atoms with Gasteiger partial charge in [0, 0.05) is 18.9 Å². The van der Waals surface area contributed by atoms with E-state index in [0.717, 1.165) is 22.4 Å². The van der Waals surface area contributed by atoms with Crippen LogP contribution in [0.5, 0.6) is 11.5 Å². The lowest BCUT2D eigenvalue weighted by atomic mass is 10.0. The predicted molar refractivity (Wildman–Crippen MR) is 111 cm³/mol. The third kappa shape index (κ3) is 3.25. The van der Waals surface area contributed by atoms with Gasteiger partial charge >= 0.3 is 0 Å². The second kappa shape index (κ2) is 7.81. The van der Waals surface area contributed by atoms with Crippen LogP contribution in [0.4, 0.5) is 0 Å². The van der Waals surface area contributed by atoms with Crippen LogP contribution in [0, 0.1) is 0 Å². The van der Waals surface area contributed by atoms with E-state index in [-0.39, 0.29) is 5.56 Å². The minimum absolute atomic E-state index is 0.176. The Bertz CT molecular complexity index is 1210. The number of H-pyrrole nitrogens is 1. The standard InChI is InChI=1S/C22H21N3O4/c1-27-13-17-20(15-9-10-18(28-2)19(11-15)29-3)21-23-12-16(22(26)25(21)24-17)14-7-5-4-6-8-14/h4-12,24H,13H2,1-3H3. The Labute approximate surface area is 167 Å².